The molecule has 1 atom stereocenters. The van der Waals surface area contributed by atoms with Crippen LogP contribution in [0.2, 0.25) is 0 Å². The van der Waals surface area contributed by atoms with Gasteiger partial charge in [-0.2, -0.15) is 11.8 Å². The summed E-state index contributed by atoms with van der Waals surface area (Å²) in [6.45, 7) is 4.24. The molecule has 0 aliphatic carbocycles. The highest BCUT2D eigenvalue weighted by atomic mass is 32.2. The van der Waals surface area contributed by atoms with E-state index in [2.05, 4.69) is 13.8 Å². The molecule has 0 aromatic heterocycles. The lowest BCUT2D eigenvalue weighted by molar-refractivity contribution is -0.0513. The van der Waals surface area contributed by atoms with Gasteiger partial charge in [0.25, 0.3) is 0 Å². The molecule has 3 heteroatoms. The zero-order valence-corrected chi connectivity index (χ0v) is 11.2. The molecule has 0 amide bonds. The molecule has 2 rings (SSSR count). The molecule has 1 aromatic carbocycles. The first kappa shape index (κ1) is 12.9. The standard InChI is InChI=1S/C14H19FOS/c1-13(2)7-8-17-10-14(13,16)9-11-3-5-12(15)6-4-11/h3-6,16H,7-10H2,1-2H3. The summed E-state index contributed by atoms with van der Waals surface area (Å²) in [4.78, 5) is 0. The summed E-state index contributed by atoms with van der Waals surface area (Å²) >= 11 is 1.80. The Morgan fingerprint density at radius 1 is 1.29 bits per heavy atom. The van der Waals surface area contributed by atoms with Gasteiger partial charge in [0.05, 0.1) is 5.60 Å². The third-order valence-corrected chi connectivity index (χ3v) is 5.06. The van der Waals surface area contributed by atoms with Crippen LogP contribution in [0.3, 0.4) is 0 Å². The van der Waals surface area contributed by atoms with Gasteiger partial charge in [-0.05, 0) is 35.3 Å². The smallest absolute Gasteiger partial charge is 0.123 e. The van der Waals surface area contributed by atoms with Crippen LogP contribution in [0.4, 0.5) is 4.39 Å². The Hall–Kier alpha value is -0.540. The minimum absolute atomic E-state index is 0.0767. The molecule has 0 spiro atoms. The molecule has 1 N–H and O–H groups in total. The number of aliphatic hydroxyl groups is 1. The number of hydrogen-bond donors (Lipinski definition) is 1. The van der Waals surface area contributed by atoms with Gasteiger partial charge in [-0.15, -0.1) is 0 Å². The highest BCUT2D eigenvalue weighted by Gasteiger charge is 2.45. The molecule has 1 aliphatic heterocycles. The van der Waals surface area contributed by atoms with Crippen LogP contribution in [0.25, 0.3) is 0 Å². The van der Waals surface area contributed by atoms with Crippen molar-refractivity contribution >= 4 is 11.8 Å². The highest BCUT2D eigenvalue weighted by molar-refractivity contribution is 7.99. The molecular formula is C14H19FOS. The van der Waals surface area contributed by atoms with Crippen molar-refractivity contribution < 1.29 is 9.50 Å². The van der Waals surface area contributed by atoms with Gasteiger partial charge < -0.3 is 5.11 Å². The molecule has 1 aromatic rings. The molecule has 1 unspecified atom stereocenters. The maximum Gasteiger partial charge on any atom is 0.123 e. The van der Waals surface area contributed by atoms with E-state index in [1.54, 1.807) is 23.9 Å². The lowest BCUT2D eigenvalue weighted by atomic mass is 9.70. The molecule has 0 saturated carbocycles. The van der Waals surface area contributed by atoms with E-state index in [1.165, 1.54) is 12.1 Å². The quantitative estimate of drug-likeness (QED) is 0.874. The van der Waals surface area contributed by atoms with Gasteiger partial charge in [-0.1, -0.05) is 26.0 Å². The number of rotatable bonds is 2. The van der Waals surface area contributed by atoms with Crippen molar-refractivity contribution in [2.24, 2.45) is 5.41 Å². The number of thioether (sulfide) groups is 1. The summed E-state index contributed by atoms with van der Waals surface area (Å²) in [6, 6.07) is 6.45. The number of halogens is 1. The van der Waals surface area contributed by atoms with Gasteiger partial charge in [-0.25, -0.2) is 4.39 Å². The average molecular weight is 254 g/mol. The Morgan fingerprint density at radius 2 is 1.94 bits per heavy atom. The molecule has 1 saturated heterocycles. The number of benzene rings is 1. The predicted molar refractivity (Wildman–Crippen MR) is 70.8 cm³/mol. The Morgan fingerprint density at radius 3 is 2.53 bits per heavy atom. The van der Waals surface area contributed by atoms with Crippen molar-refractivity contribution in [3.63, 3.8) is 0 Å². The van der Waals surface area contributed by atoms with E-state index in [0.29, 0.717) is 6.42 Å². The van der Waals surface area contributed by atoms with E-state index in [9.17, 15) is 9.50 Å². The second-order valence-electron chi connectivity index (χ2n) is 5.52. The molecule has 1 nitrogen and oxygen atoms in total. The first-order valence-electron chi connectivity index (χ1n) is 5.98. The maximum absolute atomic E-state index is 12.8. The minimum Gasteiger partial charge on any atom is -0.388 e. The zero-order valence-electron chi connectivity index (χ0n) is 10.4. The molecule has 0 radical (unpaired) electrons. The third-order valence-electron chi connectivity index (χ3n) is 3.88. The topological polar surface area (TPSA) is 20.2 Å². The summed E-state index contributed by atoms with van der Waals surface area (Å²) in [5, 5.41) is 10.8. The molecule has 0 bridgehead atoms. The second-order valence-corrected chi connectivity index (χ2v) is 6.63. The fourth-order valence-corrected chi connectivity index (χ4v) is 3.86. The summed E-state index contributed by atoms with van der Waals surface area (Å²) in [6.07, 6.45) is 1.63. The van der Waals surface area contributed by atoms with Crippen molar-refractivity contribution in [2.75, 3.05) is 11.5 Å². The molecule has 1 heterocycles. The highest BCUT2D eigenvalue weighted by Crippen LogP contribution is 2.43. The Balaban J connectivity index is 2.18. The SMILES string of the molecule is CC1(C)CCSCC1(O)Cc1ccc(F)cc1. The molecular weight excluding hydrogens is 235 g/mol. The van der Waals surface area contributed by atoms with Crippen LogP contribution < -0.4 is 0 Å². The fourth-order valence-electron chi connectivity index (χ4n) is 2.23. The van der Waals surface area contributed by atoms with Gasteiger partial charge in [0, 0.05) is 12.2 Å². The van der Waals surface area contributed by atoms with E-state index in [-0.39, 0.29) is 11.2 Å². The van der Waals surface area contributed by atoms with E-state index in [1.807, 2.05) is 0 Å². The van der Waals surface area contributed by atoms with Crippen molar-refractivity contribution in [1.29, 1.82) is 0 Å². The number of hydrogen-bond acceptors (Lipinski definition) is 2. The molecule has 1 fully saturated rings. The fraction of sp³-hybridized carbons (Fsp3) is 0.571. The summed E-state index contributed by atoms with van der Waals surface area (Å²) in [5.41, 5.74) is 0.241. The maximum atomic E-state index is 12.8. The van der Waals surface area contributed by atoms with Crippen LogP contribution in [0.15, 0.2) is 24.3 Å². The lowest BCUT2D eigenvalue weighted by Crippen LogP contribution is -2.51. The van der Waals surface area contributed by atoms with Gasteiger partial charge >= 0.3 is 0 Å². The summed E-state index contributed by atoms with van der Waals surface area (Å²) in [7, 11) is 0. The van der Waals surface area contributed by atoms with E-state index < -0.39 is 5.60 Å². The van der Waals surface area contributed by atoms with Crippen molar-refractivity contribution in [1.82, 2.24) is 0 Å². The summed E-state index contributed by atoms with van der Waals surface area (Å²) in [5.74, 6) is 1.65. The normalized spacial score (nSPS) is 28.0. The second kappa shape index (κ2) is 4.62. The zero-order chi connectivity index (χ0) is 12.5. The molecule has 17 heavy (non-hydrogen) atoms. The minimum atomic E-state index is -0.687. The first-order valence-corrected chi connectivity index (χ1v) is 7.13. The van der Waals surface area contributed by atoms with Gasteiger partial charge in [0.15, 0.2) is 0 Å². The van der Waals surface area contributed by atoms with Gasteiger partial charge in [-0.3, -0.25) is 0 Å². The molecule has 1 aliphatic rings. The largest absolute Gasteiger partial charge is 0.388 e. The monoisotopic (exact) mass is 254 g/mol. The van der Waals surface area contributed by atoms with Crippen molar-refractivity contribution in [3.8, 4) is 0 Å². The molecule has 94 valence electrons. The van der Waals surface area contributed by atoms with E-state index in [4.69, 9.17) is 0 Å². The van der Waals surface area contributed by atoms with Gasteiger partial charge in [0.2, 0.25) is 0 Å². The van der Waals surface area contributed by atoms with E-state index >= 15 is 0 Å². The van der Waals surface area contributed by atoms with Crippen LogP contribution in [0.5, 0.6) is 0 Å². The predicted octanol–water partition coefficient (Wildman–Crippen LogP) is 3.26. The lowest BCUT2D eigenvalue weighted by Gasteiger charge is -2.46. The van der Waals surface area contributed by atoms with Crippen molar-refractivity contribution in [3.05, 3.63) is 35.6 Å². The Kier molecular flexibility index (Phi) is 3.50. The first-order chi connectivity index (χ1) is 7.93. The van der Waals surface area contributed by atoms with Crippen LogP contribution in [-0.4, -0.2) is 22.2 Å². The summed E-state index contributed by atoms with van der Waals surface area (Å²) < 4.78 is 12.8. The van der Waals surface area contributed by atoms with Crippen molar-refractivity contribution in [2.45, 2.75) is 32.3 Å². The van der Waals surface area contributed by atoms with Crippen LogP contribution in [-0.2, 0) is 6.42 Å². The van der Waals surface area contributed by atoms with Crippen LogP contribution in [0, 0.1) is 11.2 Å². The Labute approximate surface area is 106 Å². The average Bonchev–Trinajstić information content (AvgIpc) is 2.26. The van der Waals surface area contributed by atoms with Crippen LogP contribution in [0.1, 0.15) is 25.8 Å². The van der Waals surface area contributed by atoms with E-state index in [0.717, 1.165) is 23.5 Å². The Bertz CT molecular complexity index is 388. The third kappa shape index (κ3) is 2.66. The van der Waals surface area contributed by atoms with Crippen LogP contribution >= 0.6 is 11.8 Å². The van der Waals surface area contributed by atoms with Gasteiger partial charge in [0.1, 0.15) is 5.82 Å².